The van der Waals surface area contributed by atoms with Crippen LogP contribution in [0.3, 0.4) is 0 Å². The van der Waals surface area contributed by atoms with Crippen molar-refractivity contribution < 1.29 is 0 Å². The number of aromatic nitrogens is 3. The summed E-state index contributed by atoms with van der Waals surface area (Å²) in [6.45, 7) is 0. The molecule has 0 spiro atoms. The zero-order valence-corrected chi connectivity index (χ0v) is 26.9. The lowest BCUT2D eigenvalue weighted by molar-refractivity contribution is 1.37. The van der Waals surface area contributed by atoms with Crippen LogP contribution < -0.4 is 0 Å². The van der Waals surface area contributed by atoms with Gasteiger partial charge in [-0.15, -0.1) is 0 Å². The molecule has 3 heterocycles. The summed E-state index contributed by atoms with van der Waals surface area (Å²) in [5, 5.41) is 13.3. The van der Waals surface area contributed by atoms with Gasteiger partial charge >= 0.3 is 0 Å². The molecule has 0 fully saturated rings. The molecule has 0 aliphatic carbocycles. The Morgan fingerprint density at radius 3 is 1.66 bits per heavy atom. The molecule has 0 atom stereocenters. The number of hydrogen-bond donors (Lipinski definition) is 0. The van der Waals surface area contributed by atoms with Gasteiger partial charge in [0.25, 0.3) is 0 Å². The second-order valence-electron chi connectivity index (χ2n) is 13.2. The minimum absolute atomic E-state index is 0.903. The van der Waals surface area contributed by atoms with Crippen molar-refractivity contribution in [2.75, 3.05) is 0 Å². The van der Waals surface area contributed by atoms with E-state index in [1.165, 1.54) is 54.2 Å². The van der Waals surface area contributed by atoms with Gasteiger partial charge in [-0.25, -0.2) is 9.97 Å². The first kappa shape index (κ1) is 27.3. The Bertz CT molecular complexity index is 3150. The topological polar surface area (TPSA) is 38.7 Å². The summed E-state index contributed by atoms with van der Waals surface area (Å²) in [5.74, 6) is 0. The first-order valence-electron chi connectivity index (χ1n) is 17.0. The van der Waals surface area contributed by atoms with Gasteiger partial charge in [-0.05, 0) is 84.5 Å². The maximum Gasteiger partial charge on any atom is 0.0972 e. The van der Waals surface area contributed by atoms with Crippen LogP contribution in [0.5, 0.6) is 0 Å². The summed E-state index contributed by atoms with van der Waals surface area (Å²) < 4.78 is 0. The Hall–Kier alpha value is -6.71. The highest BCUT2D eigenvalue weighted by molar-refractivity contribution is 6.27. The molecule has 0 amide bonds. The van der Waals surface area contributed by atoms with Gasteiger partial charge in [0, 0.05) is 33.5 Å². The lowest BCUT2D eigenvalue weighted by atomic mass is 9.87. The molecule has 50 heavy (non-hydrogen) atoms. The first-order chi connectivity index (χ1) is 24.8. The standard InChI is InChI=1S/C47H27N3/c1-2-6-33-27-34(13-10-28(33)5-1)35-20-14-29-17-23-40-38(21-15-30-16-22-39(35)44(29)45(30)40)43-25-19-32-12-11-31-18-24-42(49-46(31)47(32)50-43)37-7-3-9-41-36(37)8-4-26-48-41/h1-27H. The lowest BCUT2D eigenvalue weighted by Crippen LogP contribution is -1.93. The molecule has 0 N–H and O–H groups in total. The zero-order valence-electron chi connectivity index (χ0n) is 26.9. The van der Waals surface area contributed by atoms with Crippen molar-refractivity contribution in [3.63, 3.8) is 0 Å². The lowest BCUT2D eigenvalue weighted by Gasteiger charge is -2.17. The maximum atomic E-state index is 5.37. The molecule has 3 nitrogen and oxygen atoms in total. The third-order valence-corrected chi connectivity index (χ3v) is 10.4. The molecule has 0 aliphatic heterocycles. The summed E-state index contributed by atoms with van der Waals surface area (Å²) in [4.78, 5) is 15.2. The van der Waals surface area contributed by atoms with Gasteiger partial charge in [0.1, 0.15) is 0 Å². The number of benzene rings is 8. The van der Waals surface area contributed by atoms with E-state index in [2.05, 4.69) is 151 Å². The van der Waals surface area contributed by atoms with Crippen LogP contribution in [0, 0.1) is 0 Å². The van der Waals surface area contributed by atoms with Crippen LogP contribution in [0.1, 0.15) is 0 Å². The van der Waals surface area contributed by atoms with E-state index in [4.69, 9.17) is 9.97 Å². The number of nitrogens with zero attached hydrogens (tertiary/aromatic N) is 3. The molecule has 0 aliphatic rings. The SMILES string of the molecule is c1ccc2cc(-c3ccc4ccc5c(-c6ccc7ccc8ccc(-c9cccc%10ncccc9%10)nc8c7n6)ccc6ccc3c4c65)ccc2c1. The van der Waals surface area contributed by atoms with Crippen molar-refractivity contribution >= 4 is 75.8 Å². The summed E-state index contributed by atoms with van der Waals surface area (Å²) in [7, 11) is 0. The van der Waals surface area contributed by atoms with E-state index in [-0.39, 0.29) is 0 Å². The van der Waals surface area contributed by atoms with Crippen molar-refractivity contribution in [3.05, 3.63) is 164 Å². The number of rotatable bonds is 3. The first-order valence-corrected chi connectivity index (χ1v) is 17.0. The van der Waals surface area contributed by atoms with E-state index < -0.39 is 0 Å². The molecule has 8 aromatic carbocycles. The van der Waals surface area contributed by atoms with Crippen molar-refractivity contribution in [3.8, 4) is 33.6 Å². The van der Waals surface area contributed by atoms with E-state index in [1.807, 2.05) is 18.3 Å². The van der Waals surface area contributed by atoms with Crippen LogP contribution in [-0.4, -0.2) is 15.0 Å². The van der Waals surface area contributed by atoms with Crippen molar-refractivity contribution in [1.82, 2.24) is 15.0 Å². The number of fused-ring (bicyclic) bond motifs is 5. The smallest absolute Gasteiger partial charge is 0.0972 e. The second-order valence-corrected chi connectivity index (χ2v) is 13.2. The highest BCUT2D eigenvalue weighted by Crippen LogP contribution is 2.43. The van der Waals surface area contributed by atoms with Crippen LogP contribution in [-0.2, 0) is 0 Å². The molecule has 0 saturated carbocycles. The Morgan fingerprint density at radius 1 is 0.340 bits per heavy atom. The van der Waals surface area contributed by atoms with E-state index in [0.29, 0.717) is 0 Å². The Kier molecular flexibility index (Phi) is 5.67. The van der Waals surface area contributed by atoms with E-state index >= 15 is 0 Å². The van der Waals surface area contributed by atoms with Gasteiger partial charge < -0.3 is 0 Å². The molecule has 11 aromatic rings. The summed E-state index contributed by atoms with van der Waals surface area (Å²) in [6.07, 6.45) is 1.83. The van der Waals surface area contributed by atoms with E-state index in [9.17, 15) is 0 Å². The average Bonchev–Trinajstić information content (AvgIpc) is 3.19. The Morgan fingerprint density at radius 2 is 0.920 bits per heavy atom. The third-order valence-electron chi connectivity index (χ3n) is 10.4. The van der Waals surface area contributed by atoms with Gasteiger partial charge in [-0.3, -0.25) is 4.98 Å². The van der Waals surface area contributed by atoms with Gasteiger partial charge in [0.15, 0.2) is 0 Å². The van der Waals surface area contributed by atoms with Crippen molar-refractivity contribution in [2.45, 2.75) is 0 Å². The zero-order chi connectivity index (χ0) is 32.8. The Balaban J connectivity index is 1.12. The Labute approximate surface area is 287 Å². The molecule has 230 valence electrons. The monoisotopic (exact) mass is 633 g/mol. The third kappa shape index (κ3) is 4.01. The quantitative estimate of drug-likeness (QED) is 0.182. The van der Waals surface area contributed by atoms with Crippen LogP contribution in [0.25, 0.3) is 109 Å². The van der Waals surface area contributed by atoms with Gasteiger partial charge in [-0.1, -0.05) is 127 Å². The normalized spacial score (nSPS) is 12.0. The molecule has 0 saturated heterocycles. The van der Waals surface area contributed by atoms with E-state index in [1.54, 1.807) is 0 Å². The summed E-state index contributed by atoms with van der Waals surface area (Å²) >= 11 is 0. The minimum Gasteiger partial charge on any atom is -0.256 e. The number of hydrogen-bond acceptors (Lipinski definition) is 3. The second kappa shape index (κ2) is 10.4. The molecular weight excluding hydrogens is 607 g/mol. The molecule has 3 aromatic heterocycles. The molecule has 11 rings (SSSR count). The summed E-state index contributed by atoms with van der Waals surface area (Å²) in [5.41, 5.74) is 9.31. The van der Waals surface area contributed by atoms with Crippen LogP contribution >= 0.6 is 0 Å². The van der Waals surface area contributed by atoms with E-state index in [0.717, 1.165) is 55.2 Å². The largest absolute Gasteiger partial charge is 0.256 e. The van der Waals surface area contributed by atoms with Gasteiger partial charge in [-0.2, -0.15) is 0 Å². The summed E-state index contributed by atoms with van der Waals surface area (Å²) in [6, 6.07) is 56.7. The van der Waals surface area contributed by atoms with Gasteiger partial charge in [0.05, 0.1) is 27.9 Å². The predicted octanol–water partition coefficient (Wildman–Crippen LogP) is 12.4. The molecule has 3 heteroatoms. The van der Waals surface area contributed by atoms with Crippen molar-refractivity contribution in [2.24, 2.45) is 0 Å². The molecule has 0 unspecified atom stereocenters. The molecule has 0 radical (unpaired) electrons. The fraction of sp³-hybridized carbons (Fsp3) is 0. The fourth-order valence-corrected chi connectivity index (χ4v) is 8.03. The average molecular weight is 634 g/mol. The predicted molar refractivity (Wildman–Crippen MR) is 210 cm³/mol. The van der Waals surface area contributed by atoms with Crippen LogP contribution in [0.2, 0.25) is 0 Å². The van der Waals surface area contributed by atoms with Crippen LogP contribution in [0.15, 0.2) is 164 Å². The number of pyridine rings is 3. The molecular formula is C47H27N3. The maximum absolute atomic E-state index is 5.37. The minimum atomic E-state index is 0.903. The highest BCUT2D eigenvalue weighted by atomic mass is 14.8. The van der Waals surface area contributed by atoms with Crippen LogP contribution in [0.4, 0.5) is 0 Å². The van der Waals surface area contributed by atoms with Crippen molar-refractivity contribution in [1.29, 1.82) is 0 Å². The highest BCUT2D eigenvalue weighted by Gasteiger charge is 2.17. The molecule has 0 bridgehead atoms. The van der Waals surface area contributed by atoms with Gasteiger partial charge in [0.2, 0.25) is 0 Å². The fourth-order valence-electron chi connectivity index (χ4n) is 8.03.